The lowest BCUT2D eigenvalue weighted by molar-refractivity contribution is 0.0967. The molecule has 0 aromatic carbocycles. The molecule has 126 valence electrons. The molecule has 0 bridgehead atoms. The molecule has 0 aromatic rings. The Morgan fingerprint density at radius 2 is 1.62 bits per heavy atom. The lowest BCUT2D eigenvalue weighted by Gasteiger charge is -2.22. The Kier molecular flexibility index (Phi) is 10.8. The van der Waals surface area contributed by atoms with Gasteiger partial charge in [-0.3, -0.25) is 13.6 Å². The van der Waals surface area contributed by atoms with Crippen LogP contribution in [0.25, 0.3) is 0 Å². The third kappa shape index (κ3) is 11.3. The van der Waals surface area contributed by atoms with Crippen molar-refractivity contribution in [2.24, 2.45) is 0 Å². The van der Waals surface area contributed by atoms with Gasteiger partial charge >= 0.3 is 7.82 Å². The van der Waals surface area contributed by atoms with Crippen LogP contribution in [0, 0.1) is 0 Å². The van der Waals surface area contributed by atoms with Crippen molar-refractivity contribution in [3.63, 3.8) is 0 Å². The Morgan fingerprint density at radius 3 is 2.05 bits per heavy atom. The van der Waals surface area contributed by atoms with Crippen LogP contribution in [0.2, 0.25) is 19.6 Å². The zero-order chi connectivity index (χ0) is 16.4. The zero-order valence-electron chi connectivity index (χ0n) is 14.6. The van der Waals surface area contributed by atoms with Gasteiger partial charge in [-0.25, -0.2) is 4.57 Å². The van der Waals surface area contributed by atoms with Crippen molar-refractivity contribution >= 4 is 15.9 Å². The van der Waals surface area contributed by atoms with Crippen LogP contribution in [0.3, 0.4) is 0 Å². The maximum absolute atomic E-state index is 12.5. The highest BCUT2D eigenvalue weighted by atomic mass is 31.2. The summed E-state index contributed by atoms with van der Waals surface area (Å²) in [5, 5.41) is 0. The summed E-state index contributed by atoms with van der Waals surface area (Å²) in [5.74, 6) is 0. The van der Waals surface area contributed by atoms with E-state index < -0.39 is 15.9 Å². The number of hydrogen-bond acceptors (Lipinski definition) is 4. The highest BCUT2D eigenvalue weighted by molar-refractivity contribution is 7.48. The monoisotopic (exact) mass is 336 g/mol. The SMILES string of the molecule is CCCCC[C@H](/C=C/[Si](C)(C)C)OP(=O)(OCC)OCC. The molecule has 0 saturated heterocycles. The minimum Gasteiger partial charge on any atom is -0.287 e. The molecule has 1 atom stereocenters. The number of unbranched alkanes of at least 4 members (excludes halogenated alkanes) is 2. The maximum Gasteiger partial charge on any atom is 0.475 e. The molecule has 0 aliphatic carbocycles. The molecule has 0 fully saturated rings. The van der Waals surface area contributed by atoms with Gasteiger partial charge < -0.3 is 0 Å². The zero-order valence-corrected chi connectivity index (χ0v) is 16.4. The second-order valence-corrected chi connectivity index (χ2v) is 12.8. The Morgan fingerprint density at radius 1 is 1.05 bits per heavy atom. The van der Waals surface area contributed by atoms with Crippen LogP contribution in [-0.2, 0) is 18.1 Å². The first-order valence-electron chi connectivity index (χ1n) is 8.03. The van der Waals surface area contributed by atoms with Crippen LogP contribution in [0.15, 0.2) is 11.8 Å². The van der Waals surface area contributed by atoms with Crippen LogP contribution >= 0.6 is 7.82 Å². The first-order valence-corrected chi connectivity index (χ1v) is 13.1. The molecule has 0 unspecified atom stereocenters. The van der Waals surface area contributed by atoms with E-state index in [9.17, 15) is 4.57 Å². The normalized spacial score (nSPS) is 14.8. The first kappa shape index (κ1) is 21.1. The summed E-state index contributed by atoms with van der Waals surface area (Å²) in [4.78, 5) is 0. The minimum absolute atomic E-state index is 0.202. The van der Waals surface area contributed by atoms with E-state index in [1.165, 1.54) is 0 Å². The van der Waals surface area contributed by atoms with Crippen molar-refractivity contribution in [1.82, 2.24) is 0 Å². The van der Waals surface area contributed by atoms with Gasteiger partial charge in [-0.2, -0.15) is 0 Å². The van der Waals surface area contributed by atoms with Gasteiger partial charge in [0.2, 0.25) is 0 Å². The summed E-state index contributed by atoms with van der Waals surface area (Å²) in [6.45, 7) is 13.2. The summed E-state index contributed by atoms with van der Waals surface area (Å²) in [6.07, 6.45) is 6.04. The van der Waals surface area contributed by atoms with E-state index in [1.54, 1.807) is 13.8 Å². The Hall–Kier alpha value is 0.0669. The van der Waals surface area contributed by atoms with Crippen molar-refractivity contribution in [3.05, 3.63) is 11.8 Å². The van der Waals surface area contributed by atoms with Crippen LogP contribution in [0.1, 0.15) is 46.5 Å². The Labute approximate surface area is 131 Å². The second kappa shape index (κ2) is 10.7. The third-order valence-corrected chi connectivity index (χ3v) is 5.61. The van der Waals surface area contributed by atoms with Crippen LogP contribution in [0.4, 0.5) is 0 Å². The third-order valence-electron chi connectivity index (χ3n) is 2.74. The molecule has 4 nitrogen and oxygen atoms in total. The first-order chi connectivity index (χ1) is 9.76. The Bertz CT molecular complexity index is 329. The highest BCUT2D eigenvalue weighted by Gasteiger charge is 2.29. The molecule has 6 heteroatoms. The standard InChI is InChI=1S/C15H33O4PSi/c1-7-10-11-12-15(13-14-21(4,5)6)19-20(16,17-8-2)18-9-3/h13-15H,7-12H2,1-6H3/b14-13+/t15-/m1/s1. The topological polar surface area (TPSA) is 44.8 Å². The summed E-state index contributed by atoms with van der Waals surface area (Å²) in [7, 11) is -4.75. The van der Waals surface area contributed by atoms with Gasteiger partial charge in [0.25, 0.3) is 0 Å². The quantitative estimate of drug-likeness (QED) is 0.266. The average molecular weight is 336 g/mol. The van der Waals surface area contributed by atoms with Gasteiger partial charge in [0.15, 0.2) is 0 Å². The number of phosphoric ester groups is 1. The van der Waals surface area contributed by atoms with E-state index >= 15 is 0 Å². The number of phosphoric acid groups is 1. The number of hydrogen-bond donors (Lipinski definition) is 0. The molecule has 0 heterocycles. The molecular weight excluding hydrogens is 303 g/mol. The minimum atomic E-state index is -3.44. The van der Waals surface area contributed by atoms with Crippen molar-refractivity contribution < 1.29 is 18.1 Å². The van der Waals surface area contributed by atoms with Gasteiger partial charge in [0, 0.05) is 0 Å². The summed E-state index contributed by atoms with van der Waals surface area (Å²) in [5.41, 5.74) is 2.23. The van der Waals surface area contributed by atoms with Crippen LogP contribution in [0.5, 0.6) is 0 Å². The lowest BCUT2D eigenvalue weighted by Crippen LogP contribution is -2.18. The predicted octanol–water partition coefficient (Wildman–Crippen LogP) is 5.57. The summed E-state index contributed by atoms with van der Waals surface area (Å²) < 4.78 is 28.7. The predicted molar refractivity (Wildman–Crippen MR) is 92.4 cm³/mol. The molecule has 0 amide bonds. The maximum atomic E-state index is 12.5. The van der Waals surface area contributed by atoms with E-state index in [0.717, 1.165) is 25.7 Å². The van der Waals surface area contributed by atoms with E-state index in [2.05, 4.69) is 32.3 Å². The largest absolute Gasteiger partial charge is 0.475 e. The molecule has 0 spiro atoms. The van der Waals surface area contributed by atoms with E-state index in [-0.39, 0.29) is 6.10 Å². The lowest BCUT2D eigenvalue weighted by atomic mass is 10.1. The molecule has 0 radical (unpaired) electrons. The fraction of sp³-hybridized carbons (Fsp3) is 0.867. The Balaban J connectivity index is 4.83. The van der Waals surface area contributed by atoms with Crippen LogP contribution < -0.4 is 0 Å². The van der Waals surface area contributed by atoms with Gasteiger partial charge in [0.05, 0.1) is 27.4 Å². The summed E-state index contributed by atoms with van der Waals surface area (Å²) >= 11 is 0. The average Bonchev–Trinajstić information content (AvgIpc) is 2.35. The second-order valence-electron chi connectivity index (χ2n) is 6.15. The molecule has 0 saturated carbocycles. The number of rotatable bonds is 12. The summed E-state index contributed by atoms with van der Waals surface area (Å²) in [6, 6.07) is 0. The van der Waals surface area contributed by atoms with Crippen LogP contribution in [-0.4, -0.2) is 27.4 Å². The van der Waals surface area contributed by atoms with Gasteiger partial charge in [-0.15, -0.1) is 0 Å². The van der Waals surface area contributed by atoms with Crippen molar-refractivity contribution in [2.75, 3.05) is 13.2 Å². The molecule has 0 rings (SSSR count). The van der Waals surface area contributed by atoms with Gasteiger partial charge in [-0.1, -0.05) is 57.6 Å². The molecule has 0 N–H and O–H groups in total. The molecule has 21 heavy (non-hydrogen) atoms. The van der Waals surface area contributed by atoms with Gasteiger partial charge in [-0.05, 0) is 20.3 Å². The highest BCUT2D eigenvalue weighted by Crippen LogP contribution is 2.51. The fourth-order valence-corrected chi connectivity index (χ4v) is 3.88. The molecular formula is C15H33O4PSi. The van der Waals surface area contributed by atoms with E-state index in [0.29, 0.717) is 13.2 Å². The van der Waals surface area contributed by atoms with E-state index in [1.807, 2.05) is 6.08 Å². The smallest absolute Gasteiger partial charge is 0.287 e. The molecule has 0 aliphatic rings. The van der Waals surface area contributed by atoms with Gasteiger partial charge in [0.1, 0.15) is 0 Å². The van der Waals surface area contributed by atoms with Crippen molar-refractivity contribution in [1.29, 1.82) is 0 Å². The van der Waals surface area contributed by atoms with Crippen molar-refractivity contribution in [3.8, 4) is 0 Å². The van der Waals surface area contributed by atoms with Crippen molar-refractivity contribution in [2.45, 2.75) is 72.2 Å². The fourth-order valence-electron chi connectivity index (χ4n) is 1.76. The molecule has 0 aliphatic heterocycles. The van der Waals surface area contributed by atoms with E-state index in [4.69, 9.17) is 13.6 Å². The molecule has 0 aromatic heterocycles.